The molecule has 7 N–H and O–H groups in total. The van der Waals surface area contributed by atoms with E-state index in [9.17, 15) is 20.1 Å². The Labute approximate surface area is 149 Å². The van der Waals surface area contributed by atoms with Crippen LogP contribution < -0.4 is 11.5 Å². The number of phenolic OH excluding ortho intramolecular Hbond substituents is 2. The molecule has 0 saturated carbocycles. The summed E-state index contributed by atoms with van der Waals surface area (Å²) < 4.78 is 0. The summed E-state index contributed by atoms with van der Waals surface area (Å²) in [6.07, 6.45) is 0. The van der Waals surface area contributed by atoms with Gasteiger partial charge < -0.3 is 26.8 Å². The van der Waals surface area contributed by atoms with Gasteiger partial charge in [0.1, 0.15) is 11.5 Å². The van der Waals surface area contributed by atoms with Crippen LogP contribution in [0.2, 0.25) is 0 Å². The molecule has 0 fully saturated rings. The van der Waals surface area contributed by atoms with E-state index >= 15 is 0 Å². The highest BCUT2D eigenvalue weighted by atomic mass is 16.4. The van der Waals surface area contributed by atoms with Crippen molar-refractivity contribution >= 4 is 17.3 Å². The Hall–Kier alpha value is -3.67. The molecule has 0 heterocycles. The number of aromatic carboxylic acids is 1. The summed E-state index contributed by atoms with van der Waals surface area (Å²) in [4.78, 5) is 11.7. The number of phenols is 2. The van der Waals surface area contributed by atoms with Crippen LogP contribution >= 0.6 is 0 Å². The Balaban J connectivity index is 2.27. The second-order valence-electron chi connectivity index (χ2n) is 5.96. The van der Waals surface area contributed by atoms with Crippen LogP contribution in [-0.2, 0) is 0 Å². The standard InChI is InChI=1S/C20H18N2O4/c21-15-9-11(5-7-17(15)23)19(12-6-8-18(24)16(22)10-12)13-3-1-2-4-14(13)20(25)26/h1-10,19,23-24H,21-22H2,(H,25,26). The summed E-state index contributed by atoms with van der Waals surface area (Å²) in [5, 5.41) is 29.0. The van der Waals surface area contributed by atoms with E-state index in [0.29, 0.717) is 16.7 Å². The van der Waals surface area contributed by atoms with Crippen LogP contribution in [0.4, 0.5) is 11.4 Å². The molecule has 0 aromatic heterocycles. The molecular weight excluding hydrogens is 332 g/mol. The third kappa shape index (κ3) is 3.12. The van der Waals surface area contributed by atoms with Crippen molar-refractivity contribution in [3.8, 4) is 11.5 Å². The van der Waals surface area contributed by atoms with E-state index in [1.165, 1.54) is 18.2 Å². The Morgan fingerprint density at radius 2 is 1.31 bits per heavy atom. The van der Waals surface area contributed by atoms with E-state index in [1.807, 2.05) is 0 Å². The van der Waals surface area contributed by atoms with E-state index < -0.39 is 11.9 Å². The van der Waals surface area contributed by atoms with Crippen LogP contribution in [0.3, 0.4) is 0 Å². The van der Waals surface area contributed by atoms with Crippen molar-refractivity contribution in [3.63, 3.8) is 0 Å². The molecule has 0 aliphatic heterocycles. The number of carbonyl (C=O) groups is 1. The van der Waals surface area contributed by atoms with E-state index in [4.69, 9.17) is 11.5 Å². The number of aromatic hydroxyl groups is 2. The predicted octanol–water partition coefficient (Wildman–Crippen LogP) is 3.14. The zero-order valence-electron chi connectivity index (χ0n) is 13.8. The number of nitrogens with two attached hydrogens (primary N) is 2. The number of anilines is 2. The van der Waals surface area contributed by atoms with Crippen molar-refractivity contribution in [1.82, 2.24) is 0 Å². The molecule has 3 aromatic carbocycles. The monoisotopic (exact) mass is 350 g/mol. The van der Waals surface area contributed by atoms with E-state index in [0.717, 1.165) is 0 Å². The van der Waals surface area contributed by atoms with Gasteiger partial charge in [0, 0.05) is 5.92 Å². The lowest BCUT2D eigenvalue weighted by molar-refractivity contribution is 0.0695. The summed E-state index contributed by atoms with van der Waals surface area (Å²) >= 11 is 0. The number of hydrogen-bond donors (Lipinski definition) is 5. The fourth-order valence-electron chi connectivity index (χ4n) is 3.00. The molecule has 0 aliphatic carbocycles. The van der Waals surface area contributed by atoms with Gasteiger partial charge in [-0.05, 0) is 47.0 Å². The van der Waals surface area contributed by atoms with Crippen molar-refractivity contribution in [3.05, 3.63) is 82.9 Å². The van der Waals surface area contributed by atoms with E-state index in [-0.39, 0.29) is 28.4 Å². The van der Waals surface area contributed by atoms with Gasteiger partial charge in [-0.2, -0.15) is 0 Å². The number of carboxylic acids is 1. The minimum Gasteiger partial charge on any atom is -0.506 e. The lowest BCUT2D eigenvalue weighted by Gasteiger charge is -2.22. The maximum atomic E-state index is 11.7. The lowest BCUT2D eigenvalue weighted by atomic mass is 9.82. The van der Waals surface area contributed by atoms with Crippen LogP contribution in [0.15, 0.2) is 60.7 Å². The molecule has 0 atom stereocenters. The fraction of sp³-hybridized carbons (Fsp3) is 0.0500. The number of hydrogen-bond acceptors (Lipinski definition) is 5. The van der Waals surface area contributed by atoms with Crippen molar-refractivity contribution in [2.24, 2.45) is 0 Å². The zero-order chi connectivity index (χ0) is 18.8. The quantitative estimate of drug-likeness (QED) is 0.279. The number of nitrogen functional groups attached to an aromatic ring is 2. The molecule has 0 spiro atoms. The Morgan fingerprint density at radius 1 is 0.808 bits per heavy atom. The molecule has 6 nitrogen and oxygen atoms in total. The average Bonchev–Trinajstić information content (AvgIpc) is 2.61. The van der Waals surface area contributed by atoms with Gasteiger partial charge in [-0.3, -0.25) is 0 Å². The molecule has 0 aliphatic rings. The first kappa shape index (κ1) is 17.2. The smallest absolute Gasteiger partial charge is 0.335 e. The highest BCUT2D eigenvalue weighted by Crippen LogP contribution is 2.38. The van der Waals surface area contributed by atoms with Crippen LogP contribution in [0.5, 0.6) is 11.5 Å². The number of rotatable bonds is 4. The topological polar surface area (TPSA) is 130 Å². The highest BCUT2D eigenvalue weighted by Gasteiger charge is 2.23. The van der Waals surface area contributed by atoms with Gasteiger partial charge in [-0.25, -0.2) is 4.79 Å². The van der Waals surface area contributed by atoms with E-state index in [2.05, 4.69) is 0 Å². The third-order valence-electron chi connectivity index (χ3n) is 4.27. The summed E-state index contributed by atoms with van der Waals surface area (Å²) in [5.74, 6) is -1.65. The van der Waals surface area contributed by atoms with Crippen molar-refractivity contribution in [1.29, 1.82) is 0 Å². The highest BCUT2D eigenvalue weighted by molar-refractivity contribution is 5.90. The van der Waals surface area contributed by atoms with Crippen molar-refractivity contribution in [2.45, 2.75) is 5.92 Å². The van der Waals surface area contributed by atoms with Crippen LogP contribution in [-0.4, -0.2) is 21.3 Å². The average molecular weight is 350 g/mol. The summed E-state index contributed by atoms with van der Waals surface area (Å²) in [7, 11) is 0. The van der Waals surface area contributed by atoms with Crippen LogP contribution in [0.25, 0.3) is 0 Å². The minimum atomic E-state index is -1.05. The van der Waals surface area contributed by atoms with Gasteiger partial charge >= 0.3 is 5.97 Å². The molecule has 6 heteroatoms. The van der Waals surface area contributed by atoms with Gasteiger partial charge in [-0.1, -0.05) is 30.3 Å². The molecular formula is C20H18N2O4. The summed E-state index contributed by atoms with van der Waals surface area (Å²) in [6.45, 7) is 0. The maximum Gasteiger partial charge on any atom is 0.335 e. The van der Waals surface area contributed by atoms with Gasteiger partial charge in [0.15, 0.2) is 0 Å². The summed E-state index contributed by atoms with van der Waals surface area (Å²) in [5.41, 5.74) is 14.1. The molecule has 0 radical (unpaired) electrons. The molecule has 0 amide bonds. The number of benzene rings is 3. The van der Waals surface area contributed by atoms with Gasteiger partial charge in [-0.15, -0.1) is 0 Å². The maximum absolute atomic E-state index is 11.7. The Bertz CT molecular complexity index is 934. The predicted molar refractivity (Wildman–Crippen MR) is 99.4 cm³/mol. The molecule has 0 unspecified atom stereocenters. The zero-order valence-corrected chi connectivity index (χ0v) is 13.8. The van der Waals surface area contributed by atoms with Gasteiger partial charge in [0.05, 0.1) is 16.9 Å². The molecule has 0 saturated heterocycles. The van der Waals surface area contributed by atoms with Gasteiger partial charge in [0.25, 0.3) is 0 Å². The second kappa shape index (κ2) is 6.68. The van der Waals surface area contributed by atoms with Gasteiger partial charge in [0.2, 0.25) is 0 Å². The summed E-state index contributed by atoms with van der Waals surface area (Å²) in [6, 6.07) is 16.1. The second-order valence-corrected chi connectivity index (χ2v) is 5.96. The normalized spacial score (nSPS) is 10.8. The largest absolute Gasteiger partial charge is 0.506 e. The minimum absolute atomic E-state index is 0.0516. The first-order valence-electron chi connectivity index (χ1n) is 7.87. The fourth-order valence-corrected chi connectivity index (χ4v) is 3.00. The molecule has 132 valence electrons. The lowest BCUT2D eigenvalue weighted by Crippen LogP contribution is -2.10. The molecule has 26 heavy (non-hydrogen) atoms. The SMILES string of the molecule is Nc1cc(C(c2ccc(O)c(N)c2)c2ccccc2C(=O)O)ccc1O. The van der Waals surface area contributed by atoms with E-state index in [1.54, 1.807) is 42.5 Å². The Morgan fingerprint density at radius 3 is 1.77 bits per heavy atom. The van der Waals surface area contributed by atoms with Crippen LogP contribution in [0.1, 0.15) is 33.0 Å². The third-order valence-corrected chi connectivity index (χ3v) is 4.27. The first-order valence-corrected chi connectivity index (χ1v) is 7.87. The molecule has 3 aromatic rings. The number of carboxylic acid groups (broad SMARTS) is 1. The Kier molecular flexibility index (Phi) is 4.41. The van der Waals surface area contributed by atoms with Crippen molar-refractivity contribution in [2.75, 3.05) is 11.5 Å². The van der Waals surface area contributed by atoms with Crippen molar-refractivity contribution < 1.29 is 20.1 Å². The molecule has 0 bridgehead atoms. The molecule has 3 rings (SSSR count). The van der Waals surface area contributed by atoms with Crippen LogP contribution in [0, 0.1) is 0 Å². The first-order chi connectivity index (χ1) is 12.4.